The molecule has 0 aliphatic carbocycles. The van der Waals surface area contributed by atoms with Crippen molar-refractivity contribution < 1.29 is 4.39 Å². The number of fused-ring (bicyclic) bond motifs is 1. The predicted octanol–water partition coefficient (Wildman–Crippen LogP) is 3.18. The lowest BCUT2D eigenvalue weighted by molar-refractivity contribution is 0.632. The lowest BCUT2D eigenvalue weighted by atomic mass is 10.2. The van der Waals surface area contributed by atoms with Crippen LogP contribution in [0.25, 0.3) is 10.9 Å². The Morgan fingerprint density at radius 1 is 1.31 bits per heavy atom. The molecule has 0 aliphatic rings. The van der Waals surface area contributed by atoms with Crippen molar-refractivity contribution in [1.29, 1.82) is 0 Å². The van der Waals surface area contributed by atoms with Crippen molar-refractivity contribution in [1.82, 2.24) is 9.97 Å². The molecule has 0 aliphatic heterocycles. The van der Waals surface area contributed by atoms with E-state index < -0.39 is 5.82 Å². The van der Waals surface area contributed by atoms with Crippen molar-refractivity contribution in [3.8, 4) is 0 Å². The third-order valence-corrected chi connectivity index (χ3v) is 2.55. The van der Waals surface area contributed by atoms with Crippen molar-refractivity contribution in [3.63, 3.8) is 0 Å². The molecule has 0 radical (unpaired) electrons. The molecule has 0 atom stereocenters. The van der Waals surface area contributed by atoms with Crippen LogP contribution in [-0.4, -0.2) is 9.97 Å². The Hall–Kier alpha value is -0.740. The van der Waals surface area contributed by atoms with E-state index in [9.17, 15) is 4.39 Å². The van der Waals surface area contributed by atoms with Crippen LogP contribution in [0, 0.1) is 5.82 Å². The highest BCUT2D eigenvalue weighted by Crippen LogP contribution is 2.27. The van der Waals surface area contributed by atoms with Crippen molar-refractivity contribution in [3.05, 3.63) is 33.9 Å². The zero-order valence-electron chi connectivity index (χ0n) is 6.26. The summed E-state index contributed by atoms with van der Waals surface area (Å²) in [7, 11) is 0. The molecular weight excluding hydrogens is 258 g/mol. The molecule has 0 bridgehead atoms. The van der Waals surface area contributed by atoms with Crippen LogP contribution in [0.5, 0.6) is 0 Å². The van der Waals surface area contributed by atoms with E-state index in [1.165, 1.54) is 6.33 Å². The Kier molecular flexibility index (Phi) is 2.17. The van der Waals surface area contributed by atoms with Gasteiger partial charge in [-0.3, -0.25) is 0 Å². The van der Waals surface area contributed by atoms with Gasteiger partial charge in [-0.25, -0.2) is 14.4 Å². The first-order chi connectivity index (χ1) is 6.20. The highest BCUT2D eigenvalue weighted by molar-refractivity contribution is 9.10. The van der Waals surface area contributed by atoms with Gasteiger partial charge < -0.3 is 0 Å². The molecule has 0 spiro atoms. The van der Waals surface area contributed by atoms with Crippen LogP contribution in [0.1, 0.15) is 0 Å². The fraction of sp³-hybridized carbons (Fsp3) is 0. The Balaban J connectivity index is 2.97. The highest BCUT2D eigenvalue weighted by atomic mass is 79.9. The Morgan fingerprint density at radius 2 is 2.08 bits per heavy atom. The summed E-state index contributed by atoms with van der Waals surface area (Å²) in [6.07, 6.45) is 1.30. The van der Waals surface area contributed by atoms with E-state index in [0.717, 1.165) is 0 Å². The highest BCUT2D eigenvalue weighted by Gasteiger charge is 2.09. The molecule has 66 valence electrons. The van der Waals surface area contributed by atoms with Gasteiger partial charge in [0.05, 0.1) is 15.4 Å². The molecule has 0 saturated heterocycles. The molecular formula is C8H3BrClFN2. The van der Waals surface area contributed by atoms with E-state index >= 15 is 0 Å². The summed E-state index contributed by atoms with van der Waals surface area (Å²) in [6, 6.07) is 3.26. The quantitative estimate of drug-likeness (QED) is 0.681. The second-order valence-corrected chi connectivity index (χ2v) is 3.63. The maximum atomic E-state index is 13.4. The molecule has 0 fully saturated rings. The SMILES string of the molecule is Fc1c(Br)ccc2ncnc(Cl)c12. The fourth-order valence-electron chi connectivity index (χ4n) is 1.05. The average Bonchev–Trinajstić information content (AvgIpc) is 2.12. The van der Waals surface area contributed by atoms with Gasteiger partial charge in [-0.05, 0) is 28.1 Å². The summed E-state index contributed by atoms with van der Waals surface area (Å²) in [5.41, 5.74) is 0.501. The molecule has 13 heavy (non-hydrogen) atoms. The molecule has 2 aromatic rings. The number of hydrogen-bond donors (Lipinski definition) is 0. The maximum absolute atomic E-state index is 13.4. The molecule has 1 aromatic heterocycles. The van der Waals surface area contributed by atoms with E-state index in [-0.39, 0.29) is 10.5 Å². The summed E-state index contributed by atoms with van der Waals surface area (Å²) in [4.78, 5) is 7.59. The first kappa shape index (κ1) is 8.84. The van der Waals surface area contributed by atoms with Gasteiger partial charge in [0, 0.05) is 0 Å². The minimum atomic E-state index is -0.428. The van der Waals surface area contributed by atoms with Crippen molar-refractivity contribution in [2.24, 2.45) is 0 Å². The molecule has 2 nitrogen and oxygen atoms in total. The first-order valence-corrected chi connectivity index (χ1v) is 4.61. The zero-order valence-corrected chi connectivity index (χ0v) is 8.60. The molecule has 1 aromatic carbocycles. The summed E-state index contributed by atoms with van der Waals surface area (Å²) >= 11 is 8.78. The van der Waals surface area contributed by atoms with Crippen LogP contribution in [0.3, 0.4) is 0 Å². The van der Waals surface area contributed by atoms with Gasteiger partial charge in [0.1, 0.15) is 17.3 Å². The Bertz CT molecular complexity index is 475. The van der Waals surface area contributed by atoms with E-state index in [1.807, 2.05) is 0 Å². The van der Waals surface area contributed by atoms with Gasteiger partial charge in [0.25, 0.3) is 0 Å². The van der Waals surface area contributed by atoms with Crippen LogP contribution >= 0.6 is 27.5 Å². The first-order valence-electron chi connectivity index (χ1n) is 3.44. The van der Waals surface area contributed by atoms with Gasteiger partial charge >= 0.3 is 0 Å². The van der Waals surface area contributed by atoms with Crippen molar-refractivity contribution >= 4 is 38.4 Å². The largest absolute Gasteiger partial charge is 0.236 e. The predicted molar refractivity (Wildman–Crippen MR) is 52.2 cm³/mol. The topological polar surface area (TPSA) is 25.8 Å². The summed E-state index contributed by atoms with van der Waals surface area (Å²) in [6.45, 7) is 0. The molecule has 5 heteroatoms. The standard InChI is InChI=1S/C8H3BrClFN2/c9-4-1-2-5-6(7(4)11)8(10)13-3-12-5/h1-3H. The minimum absolute atomic E-state index is 0.129. The van der Waals surface area contributed by atoms with Gasteiger partial charge in [0.15, 0.2) is 0 Å². The molecule has 2 rings (SSSR count). The fourth-order valence-corrected chi connectivity index (χ4v) is 1.60. The number of aromatic nitrogens is 2. The average molecular weight is 261 g/mol. The van der Waals surface area contributed by atoms with E-state index in [2.05, 4.69) is 25.9 Å². The summed E-state index contributed by atoms with van der Waals surface area (Å²) in [5.74, 6) is -0.428. The van der Waals surface area contributed by atoms with Gasteiger partial charge in [-0.1, -0.05) is 11.6 Å². The Labute approximate surface area is 86.9 Å². The normalized spacial score (nSPS) is 10.7. The number of halogens is 3. The lowest BCUT2D eigenvalue weighted by Gasteiger charge is -2.00. The summed E-state index contributed by atoms with van der Waals surface area (Å²) < 4.78 is 13.8. The maximum Gasteiger partial charge on any atom is 0.149 e. The van der Waals surface area contributed by atoms with Crippen LogP contribution in [0.15, 0.2) is 22.9 Å². The molecule has 0 amide bonds. The third-order valence-electron chi connectivity index (χ3n) is 1.65. The van der Waals surface area contributed by atoms with Crippen LogP contribution in [0.4, 0.5) is 4.39 Å². The second-order valence-electron chi connectivity index (χ2n) is 2.42. The summed E-state index contributed by atoms with van der Waals surface area (Å²) in [5, 5.41) is 0.377. The van der Waals surface area contributed by atoms with Gasteiger partial charge in [-0.15, -0.1) is 0 Å². The van der Waals surface area contributed by atoms with Gasteiger partial charge in [0.2, 0.25) is 0 Å². The van der Waals surface area contributed by atoms with E-state index in [0.29, 0.717) is 9.99 Å². The number of nitrogens with zero attached hydrogens (tertiary/aromatic N) is 2. The number of hydrogen-bond acceptors (Lipinski definition) is 2. The van der Waals surface area contributed by atoms with Crippen molar-refractivity contribution in [2.45, 2.75) is 0 Å². The minimum Gasteiger partial charge on any atom is -0.236 e. The number of benzene rings is 1. The van der Waals surface area contributed by atoms with E-state index in [1.54, 1.807) is 12.1 Å². The van der Waals surface area contributed by atoms with E-state index in [4.69, 9.17) is 11.6 Å². The van der Waals surface area contributed by atoms with Crippen molar-refractivity contribution in [2.75, 3.05) is 0 Å². The lowest BCUT2D eigenvalue weighted by Crippen LogP contribution is -1.88. The van der Waals surface area contributed by atoms with Crippen LogP contribution in [0.2, 0.25) is 5.15 Å². The zero-order chi connectivity index (χ0) is 9.42. The monoisotopic (exact) mass is 260 g/mol. The number of rotatable bonds is 0. The molecule has 0 saturated carbocycles. The van der Waals surface area contributed by atoms with Crippen LogP contribution in [-0.2, 0) is 0 Å². The third kappa shape index (κ3) is 1.40. The smallest absolute Gasteiger partial charge is 0.149 e. The van der Waals surface area contributed by atoms with Gasteiger partial charge in [-0.2, -0.15) is 0 Å². The van der Waals surface area contributed by atoms with Crippen LogP contribution < -0.4 is 0 Å². The Morgan fingerprint density at radius 3 is 2.85 bits per heavy atom. The molecule has 0 unspecified atom stereocenters. The molecule has 1 heterocycles. The molecule has 0 N–H and O–H groups in total. The second kappa shape index (κ2) is 3.20.